The van der Waals surface area contributed by atoms with Crippen molar-refractivity contribution in [2.24, 2.45) is 0 Å². The van der Waals surface area contributed by atoms with Gasteiger partial charge in [0.2, 0.25) is 11.6 Å². The molecule has 0 aromatic carbocycles. The molecule has 1 aliphatic rings. The van der Waals surface area contributed by atoms with Crippen LogP contribution in [0, 0.1) is 11.3 Å². The van der Waals surface area contributed by atoms with Crippen LogP contribution in [0.25, 0.3) is 0 Å². The molecule has 1 saturated heterocycles. The number of hydrogen-bond acceptors (Lipinski definition) is 6. The quantitative estimate of drug-likeness (QED) is 0.820. The van der Waals surface area contributed by atoms with Crippen molar-refractivity contribution >= 4 is 5.91 Å². The Labute approximate surface area is 114 Å². The number of nitriles is 1. The van der Waals surface area contributed by atoms with Crippen LogP contribution in [0.3, 0.4) is 0 Å². The highest BCUT2D eigenvalue weighted by Gasteiger charge is 2.34. The van der Waals surface area contributed by atoms with Crippen LogP contribution in [0.15, 0.2) is 35.1 Å². The van der Waals surface area contributed by atoms with Crippen LogP contribution in [0.4, 0.5) is 0 Å². The van der Waals surface area contributed by atoms with Crippen LogP contribution in [0.1, 0.15) is 16.1 Å². The second kappa shape index (κ2) is 5.01. The van der Waals surface area contributed by atoms with Crippen LogP contribution >= 0.6 is 0 Å². The van der Waals surface area contributed by atoms with Gasteiger partial charge in [-0.1, -0.05) is 5.16 Å². The molecule has 20 heavy (non-hydrogen) atoms. The first-order valence-corrected chi connectivity index (χ1v) is 5.99. The molecule has 0 aliphatic carbocycles. The van der Waals surface area contributed by atoms with Gasteiger partial charge in [0.05, 0.1) is 24.8 Å². The second-order valence-corrected chi connectivity index (χ2v) is 4.32. The molecule has 3 rings (SSSR count). The maximum Gasteiger partial charge on any atom is 0.292 e. The number of nitrogens with zero attached hydrogens (tertiary/aromatic N) is 4. The van der Waals surface area contributed by atoms with Crippen molar-refractivity contribution in [2.45, 2.75) is 6.10 Å². The fourth-order valence-corrected chi connectivity index (χ4v) is 1.85. The molecule has 0 spiro atoms. The van der Waals surface area contributed by atoms with E-state index in [1.54, 1.807) is 17.0 Å². The number of hydrogen-bond donors (Lipinski definition) is 0. The van der Waals surface area contributed by atoms with E-state index in [1.165, 1.54) is 18.5 Å². The molecule has 3 heterocycles. The van der Waals surface area contributed by atoms with Gasteiger partial charge in [-0.3, -0.25) is 4.79 Å². The van der Waals surface area contributed by atoms with Gasteiger partial charge in [0.1, 0.15) is 12.2 Å². The van der Waals surface area contributed by atoms with E-state index < -0.39 is 0 Å². The summed E-state index contributed by atoms with van der Waals surface area (Å²) in [6.45, 7) is 0.947. The van der Waals surface area contributed by atoms with E-state index in [2.05, 4.69) is 10.1 Å². The lowest BCUT2D eigenvalue weighted by Crippen LogP contribution is -2.56. The van der Waals surface area contributed by atoms with E-state index in [0.717, 1.165) is 0 Å². The molecule has 0 saturated carbocycles. The van der Waals surface area contributed by atoms with Crippen molar-refractivity contribution in [3.63, 3.8) is 0 Å². The van der Waals surface area contributed by atoms with Crippen LogP contribution < -0.4 is 4.74 Å². The fraction of sp³-hybridized carbons (Fsp3) is 0.231. The van der Waals surface area contributed by atoms with Crippen LogP contribution in [0.2, 0.25) is 0 Å². The number of carbonyl (C=O) groups excluding carboxylic acids is 1. The summed E-state index contributed by atoms with van der Waals surface area (Å²) in [6.07, 6.45) is 2.79. The maximum absolute atomic E-state index is 11.9. The Bertz CT molecular complexity index is 639. The van der Waals surface area contributed by atoms with Gasteiger partial charge in [0.15, 0.2) is 0 Å². The van der Waals surface area contributed by atoms with E-state index >= 15 is 0 Å². The monoisotopic (exact) mass is 270 g/mol. The van der Waals surface area contributed by atoms with Crippen molar-refractivity contribution < 1.29 is 14.1 Å². The van der Waals surface area contributed by atoms with Gasteiger partial charge >= 0.3 is 0 Å². The molecule has 2 aromatic rings. The van der Waals surface area contributed by atoms with E-state index in [-0.39, 0.29) is 17.8 Å². The average molecular weight is 270 g/mol. The van der Waals surface area contributed by atoms with Gasteiger partial charge in [0.25, 0.3) is 5.91 Å². The lowest BCUT2D eigenvalue weighted by Gasteiger charge is -2.37. The highest BCUT2D eigenvalue weighted by atomic mass is 16.5. The zero-order valence-corrected chi connectivity index (χ0v) is 10.4. The molecule has 0 bridgehead atoms. The van der Waals surface area contributed by atoms with E-state index in [9.17, 15) is 4.79 Å². The predicted octanol–water partition coefficient (Wildman–Crippen LogP) is 0.845. The van der Waals surface area contributed by atoms with Crippen molar-refractivity contribution in [3.05, 3.63) is 41.9 Å². The van der Waals surface area contributed by atoms with Gasteiger partial charge in [0, 0.05) is 18.3 Å². The second-order valence-electron chi connectivity index (χ2n) is 4.32. The van der Waals surface area contributed by atoms with Crippen LogP contribution in [-0.2, 0) is 0 Å². The van der Waals surface area contributed by atoms with E-state index in [4.69, 9.17) is 14.5 Å². The molecule has 100 valence electrons. The highest BCUT2D eigenvalue weighted by Crippen LogP contribution is 2.18. The summed E-state index contributed by atoms with van der Waals surface area (Å²) in [5.41, 5.74) is 0.480. The van der Waals surface area contributed by atoms with Crippen molar-refractivity contribution in [3.8, 4) is 11.9 Å². The Morgan fingerprint density at radius 2 is 2.30 bits per heavy atom. The third-order valence-corrected chi connectivity index (χ3v) is 2.94. The minimum absolute atomic E-state index is 0.0951. The molecular formula is C13H10N4O3. The molecule has 7 heteroatoms. The summed E-state index contributed by atoms with van der Waals surface area (Å²) >= 11 is 0. The summed E-state index contributed by atoms with van der Waals surface area (Å²) in [6, 6.07) is 6.79. The van der Waals surface area contributed by atoms with E-state index in [1.807, 2.05) is 6.07 Å². The Kier molecular flexibility index (Phi) is 3.05. The minimum Gasteiger partial charge on any atom is -0.471 e. The largest absolute Gasteiger partial charge is 0.471 e. The topological polar surface area (TPSA) is 92.2 Å². The first-order chi connectivity index (χ1) is 9.76. The normalized spacial score (nSPS) is 14.4. The third kappa shape index (κ3) is 2.31. The highest BCUT2D eigenvalue weighted by molar-refractivity contribution is 5.91. The smallest absolute Gasteiger partial charge is 0.292 e. The van der Waals surface area contributed by atoms with Gasteiger partial charge in [-0.2, -0.15) is 5.26 Å². The lowest BCUT2D eigenvalue weighted by atomic mass is 10.1. The van der Waals surface area contributed by atoms with Crippen LogP contribution in [0.5, 0.6) is 5.88 Å². The SMILES string of the molecule is N#Cc1ccc(OC2CN(C(=O)c3ccno3)C2)nc1. The summed E-state index contributed by atoms with van der Waals surface area (Å²) in [4.78, 5) is 17.5. The number of ether oxygens (including phenoxy) is 1. The van der Waals surface area contributed by atoms with Crippen LogP contribution in [-0.4, -0.2) is 40.1 Å². The molecule has 0 radical (unpaired) electrons. The zero-order chi connectivity index (χ0) is 13.9. The molecule has 1 aliphatic heterocycles. The molecule has 0 unspecified atom stereocenters. The number of likely N-dealkylation sites (tertiary alicyclic amines) is 1. The number of aromatic nitrogens is 2. The fourth-order valence-electron chi connectivity index (χ4n) is 1.85. The molecular weight excluding hydrogens is 260 g/mol. The number of pyridine rings is 1. The molecule has 0 N–H and O–H groups in total. The standard InChI is InChI=1S/C13H10N4O3/c14-5-9-1-2-12(15-6-9)19-10-7-17(8-10)13(18)11-3-4-16-20-11/h1-4,6,10H,7-8H2. The average Bonchev–Trinajstić information content (AvgIpc) is 2.96. The lowest BCUT2D eigenvalue weighted by molar-refractivity contribution is 0.0132. The summed E-state index contributed by atoms with van der Waals surface area (Å²) in [5, 5.41) is 12.2. The van der Waals surface area contributed by atoms with Gasteiger partial charge < -0.3 is 14.2 Å². The van der Waals surface area contributed by atoms with Crippen molar-refractivity contribution in [1.82, 2.24) is 15.0 Å². The third-order valence-electron chi connectivity index (χ3n) is 2.94. The van der Waals surface area contributed by atoms with Crippen molar-refractivity contribution in [1.29, 1.82) is 5.26 Å². The molecule has 2 aromatic heterocycles. The van der Waals surface area contributed by atoms with Gasteiger partial charge in [-0.15, -0.1) is 0 Å². The number of carbonyl (C=O) groups is 1. The minimum atomic E-state index is -0.199. The van der Waals surface area contributed by atoms with Gasteiger partial charge in [-0.25, -0.2) is 4.98 Å². The van der Waals surface area contributed by atoms with E-state index in [0.29, 0.717) is 24.5 Å². The Morgan fingerprint density at radius 1 is 1.45 bits per heavy atom. The molecule has 1 fully saturated rings. The number of rotatable bonds is 3. The Morgan fingerprint density at radius 3 is 2.90 bits per heavy atom. The number of amides is 1. The Balaban J connectivity index is 1.53. The molecule has 0 atom stereocenters. The predicted molar refractivity (Wildman–Crippen MR) is 65.8 cm³/mol. The van der Waals surface area contributed by atoms with Gasteiger partial charge in [-0.05, 0) is 6.07 Å². The Hall–Kier alpha value is -2.88. The molecule has 1 amide bonds. The first kappa shape index (κ1) is 12.2. The summed E-state index contributed by atoms with van der Waals surface area (Å²) in [5.74, 6) is 0.468. The zero-order valence-electron chi connectivity index (χ0n) is 10.4. The van der Waals surface area contributed by atoms with Crippen molar-refractivity contribution in [2.75, 3.05) is 13.1 Å². The first-order valence-electron chi connectivity index (χ1n) is 5.99. The summed E-state index contributed by atoms with van der Waals surface area (Å²) in [7, 11) is 0. The summed E-state index contributed by atoms with van der Waals surface area (Å²) < 4.78 is 10.4. The maximum atomic E-state index is 11.9. The molecule has 7 nitrogen and oxygen atoms in total.